The molecular weight excluding hydrogens is 505 g/mol. The van der Waals surface area contributed by atoms with E-state index in [4.69, 9.17) is 32.7 Å². The van der Waals surface area contributed by atoms with Crippen LogP contribution in [0.15, 0.2) is 0 Å². The summed E-state index contributed by atoms with van der Waals surface area (Å²) in [4.78, 5) is 23.7. The van der Waals surface area contributed by atoms with Gasteiger partial charge in [0, 0.05) is 27.1 Å². The van der Waals surface area contributed by atoms with Crippen molar-refractivity contribution in [3.8, 4) is 0 Å². The van der Waals surface area contributed by atoms with Gasteiger partial charge in [-0.2, -0.15) is 8.78 Å². The highest BCUT2D eigenvalue weighted by atomic mass is 31.2. The van der Waals surface area contributed by atoms with Crippen molar-refractivity contribution < 1.29 is 55.7 Å². The number of halogens is 2. The SMILES string of the molecule is CCCCOC[C@@]1(CC(F)(F)P(=O)(OCC)OCC)O[C@@H](OC(C)=O)C(OC(C)=O)C1OCCCC. The molecule has 0 aromatic heterocycles. The lowest BCUT2D eigenvalue weighted by atomic mass is 9.92. The van der Waals surface area contributed by atoms with Crippen LogP contribution < -0.4 is 0 Å². The van der Waals surface area contributed by atoms with Gasteiger partial charge in [0.1, 0.15) is 11.7 Å². The molecule has 0 spiro atoms. The Labute approximate surface area is 212 Å². The number of hydrogen-bond acceptors (Lipinski definition) is 10. The first-order valence-corrected chi connectivity index (χ1v) is 13.9. The lowest BCUT2D eigenvalue weighted by Gasteiger charge is -2.38. The van der Waals surface area contributed by atoms with Crippen LogP contribution in [0.4, 0.5) is 8.78 Å². The summed E-state index contributed by atoms with van der Waals surface area (Å²) >= 11 is 0. The van der Waals surface area contributed by atoms with Gasteiger partial charge in [0.2, 0.25) is 6.29 Å². The largest absolute Gasteiger partial charge is 0.453 e. The van der Waals surface area contributed by atoms with E-state index in [0.717, 1.165) is 26.7 Å². The van der Waals surface area contributed by atoms with E-state index in [9.17, 15) is 14.2 Å². The molecule has 0 aliphatic carbocycles. The van der Waals surface area contributed by atoms with E-state index in [1.165, 1.54) is 13.8 Å². The second kappa shape index (κ2) is 15.3. The maximum absolute atomic E-state index is 15.7. The quantitative estimate of drug-likeness (QED) is 0.134. The van der Waals surface area contributed by atoms with Gasteiger partial charge in [0.25, 0.3) is 0 Å². The van der Waals surface area contributed by atoms with E-state index < -0.39 is 62.3 Å². The average molecular weight is 547 g/mol. The standard InChI is InChI=1S/C23H41F2O10P/c1-7-11-13-29-16-22(15-23(24,25)36(28,31-9-3)32-10-4)20(30-14-12-8-2)19(33-17(5)26)21(35-22)34-18(6)27/h19-21H,7-16H2,1-6H3/t19?,20?,21-,22-/m1/s1. The van der Waals surface area contributed by atoms with Gasteiger partial charge < -0.3 is 32.7 Å². The van der Waals surface area contributed by atoms with E-state index in [2.05, 4.69) is 0 Å². The van der Waals surface area contributed by atoms with Gasteiger partial charge in [0.05, 0.1) is 26.2 Å². The van der Waals surface area contributed by atoms with Crippen molar-refractivity contribution in [2.24, 2.45) is 0 Å². The van der Waals surface area contributed by atoms with Crippen molar-refractivity contribution >= 4 is 19.5 Å². The topological polar surface area (TPSA) is 116 Å². The summed E-state index contributed by atoms with van der Waals surface area (Å²) in [6.07, 6.45) is -2.74. The number of unbranched alkanes of at least 4 members (excludes halogenated alkanes) is 2. The molecule has 1 saturated heterocycles. The molecule has 10 nitrogen and oxygen atoms in total. The fourth-order valence-corrected chi connectivity index (χ4v) is 5.39. The van der Waals surface area contributed by atoms with E-state index >= 15 is 8.78 Å². The number of alkyl halides is 2. The fourth-order valence-electron chi connectivity index (χ4n) is 3.80. The van der Waals surface area contributed by atoms with Gasteiger partial charge in [-0.05, 0) is 26.7 Å². The highest BCUT2D eigenvalue weighted by Gasteiger charge is 2.66. The molecule has 1 heterocycles. The predicted octanol–water partition coefficient (Wildman–Crippen LogP) is 4.83. The zero-order chi connectivity index (χ0) is 27.4. The molecule has 1 rings (SSSR count). The first kappa shape index (κ1) is 32.9. The van der Waals surface area contributed by atoms with Crippen molar-refractivity contribution in [3.05, 3.63) is 0 Å². The van der Waals surface area contributed by atoms with Crippen molar-refractivity contribution in [3.63, 3.8) is 0 Å². The van der Waals surface area contributed by atoms with Crippen LogP contribution in [0.1, 0.15) is 73.6 Å². The third-order valence-electron chi connectivity index (χ3n) is 5.31. The molecule has 2 unspecified atom stereocenters. The van der Waals surface area contributed by atoms with Gasteiger partial charge >= 0.3 is 25.2 Å². The molecule has 13 heteroatoms. The number of rotatable bonds is 18. The molecule has 1 aliphatic rings. The molecule has 0 aromatic rings. The second-order valence-electron chi connectivity index (χ2n) is 8.46. The summed E-state index contributed by atoms with van der Waals surface area (Å²) in [7, 11) is -4.95. The van der Waals surface area contributed by atoms with Gasteiger partial charge in [0.15, 0.2) is 6.10 Å². The van der Waals surface area contributed by atoms with E-state index in [-0.39, 0.29) is 26.4 Å². The molecule has 212 valence electrons. The molecular formula is C23H41F2O10P. The van der Waals surface area contributed by atoms with Crippen LogP contribution in [0.2, 0.25) is 0 Å². The zero-order valence-corrected chi connectivity index (χ0v) is 23.0. The summed E-state index contributed by atoms with van der Waals surface area (Å²) in [5.41, 5.74) is -6.07. The molecule has 0 bridgehead atoms. The van der Waals surface area contributed by atoms with Crippen LogP contribution in [-0.4, -0.2) is 74.7 Å². The Morgan fingerprint density at radius 2 is 1.50 bits per heavy atom. The van der Waals surface area contributed by atoms with E-state index in [0.29, 0.717) is 12.8 Å². The van der Waals surface area contributed by atoms with Crippen molar-refractivity contribution in [1.82, 2.24) is 0 Å². The Balaban J connectivity index is 3.57. The lowest BCUT2D eigenvalue weighted by molar-refractivity contribution is -0.220. The maximum atomic E-state index is 15.7. The highest BCUT2D eigenvalue weighted by molar-refractivity contribution is 7.55. The number of ether oxygens (including phenoxy) is 5. The number of esters is 2. The highest BCUT2D eigenvalue weighted by Crippen LogP contribution is 2.65. The van der Waals surface area contributed by atoms with Crippen LogP contribution >= 0.6 is 7.60 Å². The summed E-state index contributed by atoms with van der Waals surface area (Å²) in [6.45, 7) is 8.25. The van der Waals surface area contributed by atoms with E-state index in [1.807, 2.05) is 13.8 Å². The normalized spacial score (nSPS) is 24.6. The first-order valence-electron chi connectivity index (χ1n) is 12.4. The van der Waals surface area contributed by atoms with Crippen LogP contribution in [0.5, 0.6) is 0 Å². The summed E-state index contributed by atoms with van der Waals surface area (Å²) in [6, 6.07) is 0. The summed E-state index contributed by atoms with van der Waals surface area (Å²) in [5, 5.41) is 0. The minimum atomic E-state index is -4.95. The molecule has 0 radical (unpaired) electrons. The van der Waals surface area contributed by atoms with Gasteiger partial charge in [-0.1, -0.05) is 26.7 Å². The van der Waals surface area contributed by atoms with Crippen LogP contribution in [0, 0.1) is 0 Å². The third-order valence-corrected chi connectivity index (χ3v) is 7.47. The zero-order valence-electron chi connectivity index (χ0n) is 22.1. The van der Waals surface area contributed by atoms with Crippen molar-refractivity contribution in [1.29, 1.82) is 0 Å². The minimum Gasteiger partial charge on any atom is -0.453 e. The van der Waals surface area contributed by atoms with E-state index in [1.54, 1.807) is 0 Å². The van der Waals surface area contributed by atoms with Crippen LogP contribution in [0.3, 0.4) is 0 Å². The molecule has 1 fully saturated rings. The molecule has 0 amide bonds. The molecule has 4 atom stereocenters. The Morgan fingerprint density at radius 3 is 2.00 bits per heavy atom. The molecule has 0 saturated carbocycles. The Morgan fingerprint density at radius 1 is 0.944 bits per heavy atom. The lowest BCUT2D eigenvalue weighted by Crippen LogP contribution is -2.52. The second-order valence-corrected chi connectivity index (χ2v) is 10.6. The predicted molar refractivity (Wildman–Crippen MR) is 126 cm³/mol. The minimum absolute atomic E-state index is 0.117. The van der Waals surface area contributed by atoms with Crippen molar-refractivity contribution in [2.45, 2.75) is 103 Å². The van der Waals surface area contributed by atoms with Gasteiger partial charge in [-0.15, -0.1) is 0 Å². The molecule has 0 N–H and O–H groups in total. The first-order chi connectivity index (χ1) is 16.9. The summed E-state index contributed by atoms with van der Waals surface area (Å²) < 4.78 is 82.5. The molecule has 36 heavy (non-hydrogen) atoms. The summed E-state index contributed by atoms with van der Waals surface area (Å²) in [5.74, 6) is -1.54. The van der Waals surface area contributed by atoms with Crippen molar-refractivity contribution in [2.75, 3.05) is 33.0 Å². The Hall–Kier alpha value is -1.17. The van der Waals surface area contributed by atoms with Gasteiger partial charge in [-0.25, -0.2) is 0 Å². The van der Waals surface area contributed by atoms with Crippen LogP contribution in [0.25, 0.3) is 0 Å². The molecule has 1 aliphatic heterocycles. The maximum Gasteiger partial charge on any atom is 0.399 e. The smallest absolute Gasteiger partial charge is 0.399 e. The number of carbonyl (C=O) groups is 2. The average Bonchev–Trinajstić information content (AvgIpc) is 3.02. The Kier molecular flexibility index (Phi) is 14.0. The number of hydrogen-bond donors (Lipinski definition) is 0. The number of carbonyl (C=O) groups excluding carboxylic acids is 2. The van der Waals surface area contributed by atoms with Crippen LogP contribution in [-0.2, 0) is 46.9 Å². The fraction of sp³-hybridized carbons (Fsp3) is 0.913. The molecule has 0 aromatic carbocycles. The van der Waals surface area contributed by atoms with Gasteiger partial charge in [-0.3, -0.25) is 14.2 Å². The Bertz CT molecular complexity index is 728. The monoisotopic (exact) mass is 546 g/mol. The third kappa shape index (κ3) is 8.99.